The second-order valence-electron chi connectivity index (χ2n) is 6.12. The highest BCUT2D eigenvalue weighted by molar-refractivity contribution is 5.80. The molecule has 1 heterocycles. The summed E-state index contributed by atoms with van der Waals surface area (Å²) in [6.07, 6.45) is 5.72. The molecule has 0 saturated carbocycles. The van der Waals surface area contributed by atoms with Crippen molar-refractivity contribution in [1.82, 2.24) is 10.2 Å². The summed E-state index contributed by atoms with van der Waals surface area (Å²) in [7, 11) is 1.84. The number of hydrogen-bond acceptors (Lipinski definition) is 4. The molecule has 1 N–H and O–H groups in total. The van der Waals surface area contributed by atoms with Gasteiger partial charge in [0, 0.05) is 6.54 Å². The SMILES string of the molecule is CCOC(=O)C(C)(CCCCN1CCC(CC)C1)NC. The maximum Gasteiger partial charge on any atom is 0.326 e. The maximum absolute atomic E-state index is 11.9. The van der Waals surface area contributed by atoms with Gasteiger partial charge in [-0.3, -0.25) is 4.79 Å². The quantitative estimate of drug-likeness (QED) is 0.521. The number of rotatable bonds is 9. The van der Waals surface area contributed by atoms with E-state index in [-0.39, 0.29) is 5.97 Å². The minimum atomic E-state index is -0.535. The average molecular weight is 284 g/mol. The van der Waals surface area contributed by atoms with Crippen LogP contribution in [0, 0.1) is 5.92 Å². The van der Waals surface area contributed by atoms with Crippen LogP contribution in [0.3, 0.4) is 0 Å². The molecular weight excluding hydrogens is 252 g/mol. The molecule has 0 aromatic rings. The van der Waals surface area contributed by atoms with Crippen molar-refractivity contribution in [2.75, 3.05) is 33.3 Å². The Morgan fingerprint density at radius 1 is 1.40 bits per heavy atom. The zero-order valence-electron chi connectivity index (χ0n) is 13.7. The Labute approximate surface area is 124 Å². The zero-order chi connectivity index (χ0) is 15.0. The number of nitrogens with zero attached hydrogens (tertiary/aromatic N) is 1. The van der Waals surface area contributed by atoms with Gasteiger partial charge in [0.15, 0.2) is 0 Å². The zero-order valence-corrected chi connectivity index (χ0v) is 13.7. The summed E-state index contributed by atoms with van der Waals surface area (Å²) < 4.78 is 5.15. The summed E-state index contributed by atoms with van der Waals surface area (Å²) in [4.78, 5) is 14.5. The van der Waals surface area contributed by atoms with E-state index in [2.05, 4.69) is 17.1 Å². The van der Waals surface area contributed by atoms with Crippen LogP contribution in [0.4, 0.5) is 0 Å². The highest BCUT2D eigenvalue weighted by Gasteiger charge is 2.32. The number of unbranched alkanes of at least 4 members (excludes halogenated alkanes) is 1. The third-order valence-corrected chi connectivity index (χ3v) is 4.63. The lowest BCUT2D eigenvalue weighted by Gasteiger charge is -2.27. The van der Waals surface area contributed by atoms with Crippen molar-refractivity contribution >= 4 is 5.97 Å². The number of ether oxygens (including phenoxy) is 1. The van der Waals surface area contributed by atoms with Crippen LogP contribution >= 0.6 is 0 Å². The monoisotopic (exact) mass is 284 g/mol. The Kier molecular flexibility index (Phi) is 7.52. The van der Waals surface area contributed by atoms with Crippen molar-refractivity contribution in [3.05, 3.63) is 0 Å². The number of carbonyl (C=O) groups is 1. The molecule has 20 heavy (non-hydrogen) atoms. The second-order valence-corrected chi connectivity index (χ2v) is 6.12. The maximum atomic E-state index is 11.9. The number of likely N-dealkylation sites (N-methyl/N-ethyl adjacent to an activating group) is 1. The molecule has 0 spiro atoms. The molecule has 1 rings (SSSR count). The lowest BCUT2D eigenvalue weighted by molar-refractivity contribution is -0.150. The highest BCUT2D eigenvalue weighted by atomic mass is 16.5. The van der Waals surface area contributed by atoms with Gasteiger partial charge in [0.25, 0.3) is 0 Å². The van der Waals surface area contributed by atoms with Crippen LogP contribution in [0.5, 0.6) is 0 Å². The Morgan fingerprint density at radius 3 is 2.70 bits per heavy atom. The third kappa shape index (κ3) is 5.06. The standard InChI is InChI=1S/C16H32N2O2/c1-5-14-9-12-18(13-14)11-8-7-10-16(3,17-4)15(19)20-6-2/h14,17H,5-13H2,1-4H3. The van der Waals surface area contributed by atoms with Crippen LogP contribution in [0.25, 0.3) is 0 Å². The molecule has 1 saturated heterocycles. The van der Waals surface area contributed by atoms with E-state index in [1.807, 2.05) is 20.9 Å². The highest BCUT2D eigenvalue weighted by Crippen LogP contribution is 2.20. The molecule has 0 bridgehead atoms. The smallest absolute Gasteiger partial charge is 0.326 e. The molecule has 4 nitrogen and oxygen atoms in total. The molecule has 0 aromatic carbocycles. The summed E-state index contributed by atoms with van der Waals surface area (Å²) in [5, 5.41) is 3.12. The van der Waals surface area contributed by atoms with Gasteiger partial charge < -0.3 is 15.0 Å². The largest absolute Gasteiger partial charge is 0.465 e. The van der Waals surface area contributed by atoms with E-state index in [1.54, 1.807) is 0 Å². The van der Waals surface area contributed by atoms with Gasteiger partial charge in [-0.1, -0.05) is 13.3 Å². The van der Waals surface area contributed by atoms with Gasteiger partial charge in [-0.15, -0.1) is 0 Å². The lowest BCUT2D eigenvalue weighted by Crippen LogP contribution is -2.48. The van der Waals surface area contributed by atoms with Crippen molar-refractivity contribution in [3.63, 3.8) is 0 Å². The first-order valence-electron chi connectivity index (χ1n) is 8.14. The van der Waals surface area contributed by atoms with Gasteiger partial charge in [0.1, 0.15) is 5.54 Å². The first-order valence-corrected chi connectivity index (χ1v) is 8.14. The molecule has 1 fully saturated rings. The first-order chi connectivity index (χ1) is 9.55. The van der Waals surface area contributed by atoms with Crippen LogP contribution in [0.15, 0.2) is 0 Å². The van der Waals surface area contributed by atoms with Crippen molar-refractivity contribution in [1.29, 1.82) is 0 Å². The summed E-state index contributed by atoms with van der Waals surface area (Å²) in [6.45, 7) is 10.2. The molecule has 118 valence electrons. The fourth-order valence-electron chi connectivity index (χ4n) is 2.88. The number of likely N-dealkylation sites (tertiary alicyclic amines) is 1. The Morgan fingerprint density at radius 2 is 2.15 bits per heavy atom. The van der Waals surface area contributed by atoms with Crippen LogP contribution < -0.4 is 5.32 Å². The Hall–Kier alpha value is -0.610. The molecule has 0 aromatic heterocycles. The average Bonchev–Trinajstić information content (AvgIpc) is 2.91. The topological polar surface area (TPSA) is 41.6 Å². The van der Waals surface area contributed by atoms with Gasteiger partial charge in [-0.05, 0) is 65.6 Å². The molecule has 0 amide bonds. The van der Waals surface area contributed by atoms with Crippen LogP contribution in [0.2, 0.25) is 0 Å². The fraction of sp³-hybridized carbons (Fsp3) is 0.938. The van der Waals surface area contributed by atoms with E-state index < -0.39 is 5.54 Å². The molecule has 0 radical (unpaired) electrons. The molecule has 0 aliphatic carbocycles. The number of carbonyl (C=O) groups excluding carboxylic acids is 1. The van der Waals surface area contributed by atoms with E-state index in [0.29, 0.717) is 6.61 Å². The number of hydrogen-bond donors (Lipinski definition) is 1. The van der Waals surface area contributed by atoms with Gasteiger partial charge in [-0.25, -0.2) is 0 Å². The van der Waals surface area contributed by atoms with Crippen molar-refractivity contribution < 1.29 is 9.53 Å². The van der Waals surface area contributed by atoms with Gasteiger partial charge >= 0.3 is 5.97 Å². The molecule has 1 aliphatic rings. The predicted octanol–water partition coefficient (Wildman–Crippen LogP) is 2.43. The molecular formula is C16H32N2O2. The van der Waals surface area contributed by atoms with E-state index >= 15 is 0 Å². The minimum absolute atomic E-state index is 0.130. The minimum Gasteiger partial charge on any atom is -0.465 e. The molecule has 4 heteroatoms. The van der Waals surface area contributed by atoms with Crippen molar-refractivity contribution in [2.45, 2.75) is 58.4 Å². The van der Waals surface area contributed by atoms with Crippen LogP contribution in [-0.2, 0) is 9.53 Å². The second kappa shape index (κ2) is 8.63. The molecule has 2 atom stereocenters. The number of nitrogens with one attached hydrogen (secondary N) is 1. The fourth-order valence-corrected chi connectivity index (χ4v) is 2.88. The summed E-state index contributed by atoms with van der Waals surface area (Å²) in [6, 6.07) is 0. The Balaban J connectivity index is 2.23. The Bertz CT molecular complexity index is 296. The van der Waals surface area contributed by atoms with E-state index in [9.17, 15) is 4.79 Å². The first kappa shape index (κ1) is 17.4. The summed E-state index contributed by atoms with van der Waals surface area (Å²) >= 11 is 0. The van der Waals surface area contributed by atoms with Crippen molar-refractivity contribution in [2.24, 2.45) is 5.92 Å². The van der Waals surface area contributed by atoms with E-state index in [4.69, 9.17) is 4.74 Å². The normalized spacial score (nSPS) is 22.7. The van der Waals surface area contributed by atoms with Gasteiger partial charge in [0.2, 0.25) is 0 Å². The molecule has 1 aliphatic heterocycles. The molecule has 2 unspecified atom stereocenters. The third-order valence-electron chi connectivity index (χ3n) is 4.63. The van der Waals surface area contributed by atoms with Crippen LogP contribution in [-0.4, -0.2) is 49.7 Å². The number of esters is 1. The van der Waals surface area contributed by atoms with Gasteiger partial charge in [0.05, 0.1) is 6.61 Å². The lowest BCUT2D eigenvalue weighted by atomic mass is 9.95. The predicted molar refractivity (Wildman–Crippen MR) is 82.8 cm³/mol. The van der Waals surface area contributed by atoms with Gasteiger partial charge in [-0.2, -0.15) is 0 Å². The van der Waals surface area contributed by atoms with Crippen LogP contribution in [0.1, 0.15) is 52.9 Å². The van der Waals surface area contributed by atoms with E-state index in [1.165, 1.54) is 32.5 Å². The summed E-state index contributed by atoms with van der Waals surface area (Å²) in [5.74, 6) is 0.770. The van der Waals surface area contributed by atoms with Crippen molar-refractivity contribution in [3.8, 4) is 0 Å². The summed E-state index contributed by atoms with van der Waals surface area (Å²) in [5.41, 5.74) is -0.535. The van der Waals surface area contributed by atoms with E-state index in [0.717, 1.165) is 25.2 Å².